The van der Waals surface area contributed by atoms with Gasteiger partial charge in [0.05, 0.1) is 11.3 Å². The fourth-order valence-corrected chi connectivity index (χ4v) is 4.06. The molecule has 2 heterocycles. The topological polar surface area (TPSA) is 74.3 Å². The molecular formula is C21H22FN7S. The molecule has 2 aromatic heterocycles. The number of rotatable bonds is 9. The van der Waals surface area contributed by atoms with Crippen molar-refractivity contribution >= 4 is 11.8 Å². The molecule has 9 heteroatoms. The highest BCUT2D eigenvalue weighted by Crippen LogP contribution is 2.27. The SMILES string of the molecule is CCCn1nnnc1CSc1nnc(-c2ccccc2F)n1CCc1ccccc1. The van der Waals surface area contributed by atoms with Gasteiger partial charge < -0.3 is 4.57 Å². The van der Waals surface area contributed by atoms with Gasteiger partial charge in [0, 0.05) is 13.1 Å². The maximum atomic E-state index is 14.5. The quantitative estimate of drug-likeness (QED) is 0.379. The number of hydrogen-bond donors (Lipinski definition) is 0. The van der Waals surface area contributed by atoms with Crippen LogP contribution in [0, 0.1) is 5.82 Å². The van der Waals surface area contributed by atoms with Gasteiger partial charge in [0.1, 0.15) is 5.82 Å². The third-order valence-electron chi connectivity index (χ3n) is 4.67. The molecule has 0 aliphatic heterocycles. The molecule has 0 atom stereocenters. The third-order valence-corrected chi connectivity index (χ3v) is 5.63. The van der Waals surface area contributed by atoms with Gasteiger partial charge in [-0.1, -0.05) is 61.2 Å². The van der Waals surface area contributed by atoms with Crippen LogP contribution in [0.2, 0.25) is 0 Å². The molecule has 0 aliphatic rings. The summed E-state index contributed by atoms with van der Waals surface area (Å²) in [4.78, 5) is 0. The van der Waals surface area contributed by atoms with E-state index in [1.54, 1.807) is 22.9 Å². The lowest BCUT2D eigenvalue weighted by Crippen LogP contribution is -2.07. The smallest absolute Gasteiger partial charge is 0.191 e. The number of tetrazole rings is 1. The highest BCUT2D eigenvalue weighted by Gasteiger charge is 2.18. The average molecular weight is 424 g/mol. The van der Waals surface area contributed by atoms with Crippen LogP contribution in [-0.2, 0) is 25.3 Å². The highest BCUT2D eigenvalue weighted by molar-refractivity contribution is 7.98. The lowest BCUT2D eigenvalue weighted by atomic mass is 10.1. The van der Waals surface area contributed by atoms with E-state index in [-0.39, 0.29) is 5.82 Å². The number of benzene rings is 2. The van der Waals surface area contributed by atoms with Crippen molar-refractivity contribution < 1.29 is 4.39 Å². The van der Waals surface area contributed by atoms with Gasteiger partial charge in [0.15, 0.2) is 16.8 Å². The van der Waals surface area contributed by atoms with Crippen LogP contribution < -0.4 is 0 Å². The van der Waals surface area contributed by atoms with E-state index in [2.05, 4.69) is 44.8 Å². The first-order chi connectivity index (χ1) is 14.8. The summed E-state index contributed by atoms with van der Waals surface area (Å²) in [6.07, 6.45) is 1.74. The Morgan fingerprint density at radius 1 is 0.933 bits per heavy atom. The molecular weight excluding hydrogens is 401 g/mol. The van der Waals surface area contributed by atoms with Crippen LogP contribution in [0.1, 0.15) is 24.7 Å². The number of hydrogen-bond acceptors (Lipinski definition) is 6. The summed E-state index contributed by atoms with van der Waals surface area (Å²) in [6.45, 7) is 3.49. The summed E-state index contributed by atoms with van der Waals surface area (Å²) in [5, 5.41) is 21.3. The molecule has 0 bridgehead atoms. The van der Waals surface area contributed by atoms with Crippen LogP contribution in [0.5, 0.6) is 0 Å². The molecule has 0 N–H and O–H groups in total. The summed E-state index contributed by atoms with van der Waals surface area (Å²) in [5.74, 6) is 1.56. The van der Waals surface area contributed by atoms with Crippen molar-refractivity contribution in [1.82, 2.24) is 35.0 Å². The Bertz CT molecular complexity index is 1090. The van der Waals surface area contributed by atoms with Gasteiger partial charge in [-0.2, -0.15) is 0 Å². The minimum absolute atomic E-state index is 0.311. The molecule has 30 heavy (non-hydrogen) atoms. The lowest BCUT2D eigenvalue weighted by Gasteiger charge is -2.11. The summed E-state index contributed by atoms with van der Waals surface area (Å²) in [7, 11) is 0. The van der Waals surface area contributed by atoms with E-state index >= 15 is 0 Å². The number of aryl methyl sites for hydroxylation is 2. The Balaban J connectivity index is 1.60. The maximum absolute atomic E-state index is 14.5. The average Bonchev–Trinajstić information content (AvgIpc) is 3.38. The zero-order valence-corrected chi connectivity index (χ0v) is 17.5. The van der Waals surface area contributed by atoms with Gasteiger partial charge >= 0.3 is 0 Å². The van der Waals surface area contributed by atoms with Crippen molar-refractivity contribution in [3.63, 3.8) is 0 Å². The summed E-state index contributed by atoms with van der Waals surface area (Å²) in [5.41, 5.74) is 1.65. The highest BCUT2D eigenvalue weighted by atomic mass is 32.2. The fourth-order valence-electron chi connectivity index (χ4n) is 3.17. The molecule has 0 saturated carbocycles. The molecule has 7 nitrogen and oxygen atoms in total. The Morgan fingerprint density at radius 3 is 2.53 bits per heavy atom. The van der Waals surface area contributed by atoms with E-state index in [4.69, 9.17) is 0 Å². The Labute approximate surface area is 178 Å². The van der Waals surface area contributed by atoms with Crippen molar-refractivity contribution in [2.45, 2.75) is 43.8 Å². The van der Waals surface area contributed by atoms with Crippen LogP contribution in [0.25, 0.3) is 11.4 Å². The third kappa shape index (κ3) is 4.56. The zero-order valence-electron chi connectivity index (χ0n) is 16.6. The van der Waals surface area contributed by atoms with Gasteiger partial charge in [-0.3, -0.25) is 0 Å². The molecule has 0 fully saturated rings. The molecule has 2 aromatic carbocycles. The Morgan fingerprint density at radius 2 is 1.73 bits per heavy atom. The van der Waals surface area contributed by atoms with Crippen LogP contribution in [0.4, 0.5) is 4.39 Å². The zero-order chi connectivity index (χ0) is 20.8. The lowest BCUT2D eigenvalue weighted by molar-refractivity contribution is 0.564. The van der Waals surface area contributed by atoms with Crippen LogP contribution in [0.3, 0.4) is 0 Å². The first kappa shape index (κ1) is 20.2. The number of halogens is 1. The van der Waals surface area contributed by atoms with E-state index in [1.165, 1.54) is 23.4 Å². The van der Waals surface area contributed by atoms with Crippen LogP contribution in [-0.4, -0.2) is 35.0 Å². The van der Waals surface area contributed by atoms with Crippen molar-refractivity contribution in [2.24, 2.45) is 0 Å². The molecule has 4 rings (SSSR count). The second-order valence-electron chi connectivity index (χ2n) is 6.78. The molecule has 0 aliphatic carbocycles. The van der Waals surface area contributed by atoms with Gasteiger partial charge in [-0.15, -0.1) is 15.3 Å². The molecule has 154 valence electrons. The van der Waals surface area contributed by atoms with Crippen molar-refractivity contribution in [3.05, 3.63) is 71.8 Å². The van der Waals surface area contributed by atoms with Crippen molar-refractivity contribution in [1.29, 1.82) is 0 Å². The monoisotopic (exact) mass is 423 g/mol. The van der Waals surface area contributed by atoms with Crippen LogP contribution in [0.15, 0.2) is 59.8 Å². The number of thioether (sulfide) groups is 1. The molecule has 0 radical (unpaired) electrons. The predicted molar refractivity (Wildman–Crippen MR) is 113 cm³/mol. The van der Waals surface area contributed by atoms with E-state index in [0.29, 0.717) is 23.7 Å². The molecule has 4 aromatic rings. The largest absolute Gasteiger partial charge is 0.302 e. The first-order valence-corrected chi connectivity index (χ1v) is 10.8. The van der Waals surface area contributed by atoms with E-state index in [9.17, 15) is 4.39 Å². The summed E-state index contributed by atoms with van der Waals surface area (Å²) < 4.78 is 18.2. The Hall–Kier alpha value is -3.07. The van der Waals surface area contributed by atoms with Gasteiger partial charge in [-0.05, 0) is 41.0 Å². The van der Waals surface area contributed by atoms with Gasteiger partial charge in [-0.25, -0.2) is 9.07 Å². The van der Waals surface area contributed by atoms with Crippen LogP contribution >= 0.6 is 11.8 Å². The van der Waals surface area contributed by atoms with Crippen molar-refractivity contribution in [2.75, 3.05) is 0 Å². The summed E-state index contributed by atoms with van der Waals surface area (Å²) in [6, 6.07) is 16.8. The van der Waals surface area contributed by atoms with Crippen molar-refractivity contribution in [3.8, 4) is 11.4 Å². The number of aromatic nitrogens is 7. The maximum Gasteiger partial charge on any atom is 0.191 e. The molecule has 0 spiro atoms. The van der Waals surface area contributed by atoms with Gasteiger partial charge in [0.25, 0.3) is 0 Å². The fraction of sp³-hybridized carbons (Fsp3) is 0.286. The Kier molecular flexibility index (Phi) is 6.48. The number of nitrogens with zero attached hydrogens (tertiary/aromatic N) is 7. The standard InChI is InChI=1S/C21H22FN7S/c1-2-13-29-19(23-26-27-29)15-30-21-25-24-20(17-10-6-7-11-18(17)22)28(21)14-12-16-8-4-3-5-9-16/h3-11H,2,12-15H2,1H3. The second-order valence-corrected chi connectivity index (χ2v) is 7.72. The predicted octanol–water partition coefficient (Wildman–Crippen LogP) is 4.02. The second kappa shape index (κ2) is 9.62. The van der Waals surface area contributed by atoms with Gasteiger partial charge in [0.2, 0.25) is 0 Å². The minimum Gasteiger partial charge on any atom is -0.302 e. The molecule has 0 saturated heterocycles. The minimum atomic E-state index is -0.311. The van der Waals surface area contributed by atoms with E-state index in [0.717, 1.165) is 30.4 Å². The van der Waals surface area contributed by atoms with E-state index < -0.39 is 0 Å². The molecule has 0 unspecified atom stereocenters. The normalized spacial score (nSPS) is 11.1. The van der Waals surface area contributed by atoms with E-state index in [1.807, 2.05) is 22.8 Å². The molecule has 0 amide bonds. The summed E-state index contributed by atoms with van der Waals surface area (Å²) >= 11 is 1.50. The first-order valence-electron chi connectivity index (χ1n) is 9.86.